The van der Waals surface area contributed by atoms with E-state index in [1.54, 1.807) is 13.1 Å². The normalized spacial score (nSPS) is 14.8. The molecule has 0 unspecified atom stereocenters. The molecule has 11 heteroatoms. The van der Waals surface area contributed by atoms with Gasteiger partial charge in [-0.25, -0.2) is 4.98 Å². The highest BCUT2D eigenvalue weighted by Gasteiger charge is 2.29. The van der Waals surface area contributed by atoms with Crippen molar-refractivity contribution in [2.24, 2.45) is 0 Å². The first-order chi connectivity index (χ1) is 19.4. The van der Waals surface area contributed by atoms with Gasteiger partial charge in [-0.3, -0.25) is 9.48 Å². The maximum Gasteiger partial charge on any atom is 0.273 e. The van der Waals surface area contributed by atoms with Crippen LogP contribution in [0.3, 0.4) is 0 Å². The number of carbonyl (C=O) groups is 1. The number of nitrogens with one attached hydrogen (secondary N) is 3. The van der Waals surface area contributed by atoms with E-state index >= 15 is 0 Å². The van der Waals surface area contributed by atoms with Gasteiger partial charge in [-0.2, -0.15) is 5.10 Å². The second-order valence-corrected chi connectivity index (χ2v) is 10.3. The van der Waals surface area contributed by atoms with E-state index in [4.69, 9.17) is 9.84 Å². The van der Waals surface area contributed by atoms with Gasteiger partial charge in [-0.1, -0.05) is 12.1 Å². The molecule has 1 aromatic carbocycles. The van der Waals surface area contributed by atoms with E-state index in [1.165, 1.54) is 5.69 Å². The number of pyridine rings is 1. The van der Waals surface area contributed by atoms with Crippen molar-refractivity contribution >= 4 is 34.6 Å². The molecule has 1 saturated heterocycles. The summed E-state index contributed by atoms with van der Waals surface area (Å²) in [4.78, 5) is 19.5. The molecule has 0 aliphatic carbocycles. The fraction of sp³-hybridized carbons (Fsp3) is 0.345. The largest absolute Gasteiger partial charge is 0.381 e. The zero-order chi connectivity index (χ0) is 27.8. The molecule has 0 saturated carbocycles. The first-order valence-corrected chi connectivity index (χ1v) is 13.5. The minimum absolute atomic E-state index is 0.200. The molecule has 1 fully saturated rings. The van der Waals surface area contributed by atoms with Gasteiger partial charge in [0.1, 0.15) is 5.82 Å². The molecular weight excluding hydrogens is 506 g/mol. The van der Waals surface area contributed by atoms with Gasteiger partial charge in [-0.15, -0.1) is 10.2 Å². The molecule has 0 spiro atoms. The number of rotatable bonds is 6. The minimum atomic E-state index is -0.329. The molecule has 0 atom stereocenters. The number of benzene rings is 1. The van der Waals surface area contributed by atoms with Crippen molar-refractivity contribution in [2.45, 2.75) is 39.3 Å². The lowest BCUT2D eigenvalue weighted by atomic mass is 9.97. The van der Waals surface area contributed by atoms with Gasteiger partial charge in [-0.05, 0) is 50.5 Å². The molecule has 5 heterocycles. The van der Waals surface area contributed by atoms with Gasteiger partial charge in [0.15, 0.2) is 11.5 Å². The topological polar surface area (TPSA) is 122 Å². The molecule has 1 amide bonds. The van der Waals surface area contributed by atoms with Crippen LogP contribution in [0.2, 0.25) is 0 Å². The van der Waals surface area contributed by atoms with E-state index in [2.05, 4.69) is 53.8 Å². The molecule has 0 bridgehead atoms. The Balaban J connectivity index is 1.37. The van der Waals surface area contributed by atoms with Crippen molar-refractivity contribution in [3.05, 3.63) is 65.2 Å². The zero-order valence-electron chi connectivity index (χ0n) is 23.2. The Morgan fingerprint density at radius 2 is 1.82 bits per heavy atom. The zero-order valence-corrected chi connectivity index (χ0v) is 23.2. The Morgan fingerprint density at radius 3 is 2.60 bits per heavy atom. The SMILES string of the molecule is CNC(=O)c1nnc(Nc2cc(C)cc(C)n2)cc1Nc1cccc2c1N(C)Cc1c-2cnn1C1CCOCC1. The lowest BCUT2D eigenvalue weighted by Crippen LogP contribution is -2.28. The summed E-state index contributed by atoms with van der Waals surface area (Å²) >= 11 is 0. The molecule has 4 aromatic rings. The van der Waals surface area contributed by atoms with Gasteiger partial charge < -0.3 is 25.6 Å². The van der Waals surface area contributed by atoms with Crippen molar-refractivity contribution in [1.82, 2.24) is 30.3 Å². The first-order valence-electron chi connectivity index (χ1n) is 13.5. The van der Waals surface area contributed by atoms with Crippen LogP contribution in [0, 0.1) is 13.8 Å². The quantitative estimate of drug-likeness (QED) is 0.325. The Bertz CT molecular complexity index is 1560. The molecule has 0 radical (unpaired) electrons. The average molecular weight is 540 g/mol. The third-order valence-corrected chi connectivity index (χ3v) is 7.39. The van der Waals surface area contributed by atoms with Crippen LogP contribution in [0.5, 0.6) is 0 Å². The van der Waals surface area contributed by atoms with Crippen LogP contribution < -0.4 is 20.9 Å². The van der Waals surface area contributed by atoms with E-state index in [9.17, 15) is 4.79 Å². The Kier molecular flexibility index (Phi) is 6.81. The van der Waals surface area contributed by atoms with Gasteiger partial charge in [0.2, 0.25) is 0 Å². The van der Waals surface area contributed by atoms with E-state index in [-0.39, 0.29) is 11.6 Å². The summed E-state index contributed by atoms with van der Waals surface area (Å²) in [5.74, 6) is 0.811. The maximum atomic E-state index is 12.7. The van der Waals surface area contributed by atoms with Gasteiger partial charge >= 0.3 is 0 Å². The summed E-state index contributed by atoms with van der Waals surface area (Å²) in [7, 11) is 3.66. The van der Waals surface area contributed by atoms with Gasteiger partial charge in [0.25, 0.3) is 5.91 Å². The van der Waals surface area contributed by atoms with E-state index < -0.39 is 0 Å². The second kappa shape index (κ2) is 10.6. The average Bonchev–Trinajstić information content (AvgIpc) is 3.37. The lowest BCUT2D eigenvalue weighted by molar-refractivity contribution is 0.0654. The van der Waals surface area contributed by atoms with Crippen molar-refractivity contribution in [3.63, 3.8) is 0 Å². The molecule has 206 valence electrons. The third kappa shape index (κ3) is 4.84. The van der Waals surface area contributed by atoms with Gasteiger partial charge in [0, 0.05) is 50.2 Å². The number of hydrogen-bond donors (Lipinski definition) is 3. The smallest absolute Gasteiger partial charge is 0.273 e. The molecule has 40 heavy (non-hydrogen) atoms. The number of carbonyl (C=O) groups excluding carboxylic acids is 1. The van der Waals surface area contributed by atoms with Gasteiger partial charge in [0.05, 0.1) is 41.5 Å². The number of nitrogens with zero attached hydrogens (tertiary/aromatic N) is 6. The lowest BCUT2D eigenvalue weighted by Gasteiger charge is -2.32. The van der Waals surface area contributed by atoms with Crippen molar-refractivity contribution in [3.8, 4) is 11.1 Å². The Morgan fingerprint density at radius 1 is 1.00 bits per heavy atom. The standard InChI is InChI=1S/C29H33N9O2/c1-17-12-18(2)32-25(13-17)34-26-14-23(27(36-35-26)29(39)30-3)33-22-7-5-6-20-21-15-31-38(19-8-10-40-11-9-19)24(21)16-37(4)28(20)22/h5-7,12-15,19H,8-11,16H2,1-4H3,(H,30,39)(H2,32,33,34,35). The molecule has 2 aliphatic rings. The van der Waals surface area contributed by atoms with Crippen molar-refractivity contribution < 1.29 is 9.53 Å². The number of aromatic nitrogens is 5. The molecule has 3 N–H and O–H groups in total. The second-order valence-electron chi connectivity index (χ2n) is 10.3. The van der Waals surface area contributed by atoms with E-state index in [0.29, 0.717) is 23.4 Å². The first kappa shape index (κ1) is 25.8. The summed E-state index contributed by atoms with van der Waals surface area (Å²) in [6, 6.07) is 12.2. The number of aryl methyl sites for hydroxylation is 2. The highest BCUT2D eigenvalue weighted by Crippen LogP contribution is 2.45. The Labute approximate surface area is 233 Å². The molecule has 2 aliphatic heterocycles. The van der Waals surface area contributed by atoms with Crippen LogP contribution in [0.4, 0.5) is 28.7 Å². The number of fused-ring (bicyclic) bond motifs is 3. The number of amides is 1. The van der Waals surface area contributed by atoms with Crippen LogP contribution >= 0.6 is 0 Å². The monoisotopic (exact) mass is 539 g/mol. The molecule has 6 rings (SSSR count). The highest BCUT2D eigenvalue weighted by molar-refractivity contribution is 6.00. The van der Waals surface area contributed by atoms with Crippen LogP contribution in [-0.4, -0.2) is 58.2 Å². The number of anilines is 5. The fourth-order valence-electron chi connectivity index (χ4n) is 5.61. The number of hydrogen-bond acceptors (Lipinski definition) is 9. The van der Waals surface area contributed by atoms with Crippen LogP contribution in [-0.2, 0) is 11.3 Å². The Hall–Kier alpha value is -4.51. The highest BCUT2D eigenvalue weighted by atomic mass is 16.5. The maximum absolute atomic E-state index is 12.7. The number of para-hydroxylation sites is 1. The molecule has 11 nitrogen and oxygen atoms in total. The van der Waals surface area contributed by atoms with Crippen LogP contribution in [0.1, 0.15) is 46.3 Å². The summed E-state index contributed by atoms with van der Waals surface area (Å²) in [5, 5.41) is 22.7. The van der Waals surface area contributed by atoms with E-state index in [0.717, 1.165) is 66.4 Å². The van der Waals surface area contributed by atoms with Crippen LogP contribution in [0.25, 0.3) is 11.1 Å². The minimum Gasteiger partial charge on any atom is -0.381 e. The predicted molar refractivity (Wildman–Crippen MR) is 155 cm³/mol. The fourth-order valence-corrected chi connectivity index (χ4v) is 5.61. The molecule has 3 aromatic heterocycles. The summed E-state index contributed by atoms with van der Waals surface area (Å²) in [5.41, 5.74) is 8.04. The summed E-state index contributed by atoms with van der Waals surface area (Å²) < 4.78 is 7.76. The summed E-state index contributed by atoms with van der Waals surface area (Å²) in [6.45, 7) is 6.22. The van der Waals surface area contributed by atoms with Crippen molar-refractivity contribution in [2.75, 3.05) is 42.8 Å². The van der Waals surface area contributed by atoms with Crippen LogP contribution in [0.15, 0.2) is 42.6 Å². The van der Waals surface area contributed by atoms with E-state index in [1.807, 2.05) is 44.3 Å². The number of ether oxygens (including phenoxy) is 1. The predicted octanol–water partition coefficient (Wildman–Crippen LogP) is 4.50. The molecular formula is C29H33N9O2. The van der Waals surface area contributed by atoms with Crippen molar-refractivity contribution in [1.29, 1.82) is 0 Å². The summed E-state index contributed by atoms with van der Waals surface area (Å²) in [6.07, 6.45) is 3.92. The third-order valence-electron chi connectivity index (χ3n) is 7.39.